The van der Waals surface area contributed by atoms with Crippen molar-refractivity contribution in [2.24, 2.45) is 5.73 Å². The number of benzene rings is 1. The molecule has 0 aromatic heterocycles. The van der Waals surface area contributed by atoms with E-state index in [2.05, 4.69) is 4.74 Å². The van der Waals surface area contributed by atoms with E-state index >= 15 is 0 Å². The highest BCUT2D eigenvalue weighted by atomic mass is 35.5. The van der Waals surface area contributed by atoms with Gasteiger partial charge >= 0.3 is 12.1 Å². The van der Waals surface area contributed by atoms with E-state index in [0.717, 1.165) is 13.2 Å². The molecule has 1 rings (SSSR count). The number of carbonyl (C=O) groups excluding carboxylic acids is 1. The molecular formula is C10H10ClF4NO2. The van der Waals surface area contributed by atoms with Gasteiger partial charge in [-0.2, -0.15) is 13.2 Å². The number of methoxy groups -OCH3 is 1. The average Bonchev–Trinajstić information content (AvgIpc) is 2.25. The van der Waals surface area contributed by atoms with E-state index in [-0.39, 0.29) is 18.0 Å². The standard InChI is InChI=1S/C10H9F4NO2.ClH/c1-17-9(16)8(15)5-2-3-6(7(11)4-5)10(12,13)14;/h2-4,8H,15H2,1H3;1H/t8-;/m0./s1. The molecule has 1 aromatic carbocycles. The highest BCUT2D eigenvalue weighted by Crippen LogP contribution is 2.32. The summed E-state index contributed by atoms with van der Waals surface area (Å²) < 4.78 is 54.2. The molecule has 2 N–H and O–H groups in total. The summed E-state index contributed by atoms with van der Waals surface area (Å²) in [4.78, 5) is 11.0. The molecule has 0 heterocycles. The smallest absolute Gasteiger partial charge is 0.419 e. The van der Waals surface area contributed by atoms with E-state index in [1.807, 2.05) is 0 Å². The fourth-order valence-corrected chi connectivity index (χ4v) is 1.22. The topological polar surface area (TPSA) is 52.3 Å². The lowest BCUT2D eigenvalue weighted by Gasteiger charge is -2.12. The van der Waals surface area contributed by atoms with Crippen molar-refractivity contribution in [3.63, 3.8) is 0 Å². The molecule has 102 valence electrons. The van der Waals surface area contributed by atoms with Crippen molar-refractivity contribution >= 4 is 18.4 Å². The van der Waals surface area contributed by atoms with Crippen LogP contribution in [0.15, 0.2) is 18.2 Å². The molecule has 0 aliphatic rings. The number of hydrogen-bond acceptors (Lipinski definition) is 3. The molecule has 0 aliphatic carbocycles. The molecular weight excluding hydrogens is 278 g/mol. The van der Waals surface area contributed by atoms with Crippen LogP contribution in [0.5, 0.6) is 0 Å². The first-order valence-corrected chi connectivity index (χ1v) is 4.47. The molecule has 18 heavy (non-hydrogen) atoms. The summed E-state index contributed by atoms with van der Waals surface area (Å²) in [5.74, 6) is -2.33. The Labute approximate surface area is 106 Å². The Hall–Kier alpha value is -1.34. The van der Waals surface area contributed by atoms with E-state index in [1.54, 1.807) is 0 Å². The average molecular weight is 288 g/mol. The molecule has 0 saturated heterocycles. The fourth-order valence-electron chi connectivity index (χ4n) is 1.22. The van der Waals surface area contributed by atoms with Crippen molar-refractivity contribution in [2.75, 3.05) is 7.11 Å². The second kappa shape index (κ2) is 6.01. The van der Waals surface area contributed by atoms with Gasteiger partial charge in [0.25, 0.3) is 0 Å². The molecule has 0 saturated carbocycles. The molecule has 0 amide bonds. The number of alkyl halides is 3. The first-order valence-electron chi connectivity index (χ1n) is 4.47. The fraction of sp³-hybridized carbons (Fsp3) is 0.300. The quantitative estimate of drug-likeness (QED) is 0.671. The molecule has 0 radical (unpaired) electrons. The van der Waals surface area contributed by atoms with Crippen LogP contribution in [0.1, 0.15) is 17.2 Å². The van der Waals surface area contributed by atoms with Crippen LogP contribution in [-0.2, 0) is 15.7 Å². The molecule has 0 fully saturated rings. The van der Waals surface area contributed by atoms with Gasteiger partial charge in [0.05, 0.1) is 12.7 Å². The van der Waals surface area contributed by atoms with Crippen LogP contribution in [0.25, 0.3) is 0 Å². The predicted molar refractivity (Wildman–Crippen MR) is 57.6 cm³/mol. The minimum atomic E-state index is -4.78. The van der Waals surface area contributed by atoms with E-state index in [9.17, 15) is 22.4 Å². The van der Waals surface area contributed by atoms with Crippen molar-refractivity contribution in [3.8, 4) is 0 Å². The van der Waals surface area contributed by atoms with Crippen LogP contribution in [0.4, 0.5) is 17.6 Å². The Balaban J connectivity index is 0.00000289. The third-order valence-electron chi connectivity index (χ3n) is 2.11. The number of ether oxygens (including phenoxy) is 1. The van der Waals surface area contributed by atoms with Gasteiger partial charge in [0, 0.05) is 0 Å². The Bertz CT molecular complexity index is 436. The van der Waals surface area contributed by atoms with Gasteiger partial charge in [0.1, 0.15) is 11.9 Å². The van der Waals surface area contributed by atoms with Crippen LogP contribution in [0, 0.1) is 5.82 Å². The second-order valence-electron chi connectivity index (χ2n) is 3.24. The lowest BCUT2D eigenvalue weighted by atomic mass is 10.0. The summed E-state index contributed by atoms with van der Waals surface area (Å²) in [5.41, 5.74) is 3.87. The van der Waals surface area contributed by atoms with Gasteiger partial charge in [0.15, 0.2) is 0 Å². The lowest BCUT2D eigenvalue weighted by Crippen LogP contribution is -2.23. The maximum atomic E-state index is 13.1. The van der Waals surface area contributed by atoms with Crippen LogP contribution in [-0.4, -0.2) is 13.1 Å². The molecule has 0 unspecified atom stereocenters. The summed E-state index contributed by atoms with van der Waals surface area (Å²) >= 11 is 0. The van der Waals surface area contributed by atoms with Gasteiger partial charge in [-0.15, -0.1) is 12.4 Å². The minimum absolute atomic E-state index is 0. The van der Waals surface area contributed by atoms with Gasteiger partial charge in [-0.1, -0.05) is 6.07 Å². The van der Waals surface area contributed by atoms with Gasteiger partial charge < -0.3 is 10.5 Å². The number of rotatable bonds is 2. The third-order valence-corrected chi connectivity index (χ3v) is 2.11. The Morgan fingerprint density at radius 3 is 2.33 bits per heavy atom. The SMILES string of the molecule is COC(=O)[C@@H](N)c1ccc(C(F)(F)F)c(F)c1.Cl. The van der Waals surface area contributed by atoms with Gasteiger partial charge in [-0.3, -0.25) is 4.79 Å². The summed E-state index contributed by atoms with van der Waals surface area (Å²) in [6.07, 6.45) is -4.78. The number of hydrogen-bond donors (Lipinski definition) is 1. The molecule has 0 bridgehead atoms. The number of carbonyl (C=O) groups is 1. The maximum Gasteiger partial charge on any atom is 0.419 e. The summed E-state index contributed by atoms with van der Waals surface area (Å²) in [6, 6.07) is 0.738. The van der Waals surface area contributed by atoms with Crippen LogP contribution in [0.2, 0.25) is 0 Å². The van der Waals surface area contributed by atoms with Crippen molar-refractivity contribution in [1.29, 1.82) is 0 Å². The third kappa shape index (κ3) is 3.58. The van der Waals surface area contributed by atoms with Crippen LogP contribution in [0.3, 0.4) is 0 Å². The zero-order valence-electron chi connectivity index (χ0n) is 9.12. The number of nitrogens with two attached hydrogens (primary N) is 1. The Morgan fingerprint density at radius 2 is 1.94 bits per heavy atom. The van der Waals surface area contributed by atoms with Crippen molar-refractivity contribution in [1.82, 2.24) is 0 Å². The second-order valence-corrected chi connectivity index (χ2v) is 3.24. The minimum Gasteiger partial charge on any atom is -0.468 e. The molecule has 1 atom stereocenters. The zero-order chi connectivity index (χ0) is 13.2. The highest BCUT2D eigenvalue weighted by Gasteiger charge is 2.34. The van der Waals surface area contributed by atoms with E-state index in [0.29, 0.717) is 12.1 Å². The van der Waals surface area contributed by atoms with E-state index in [4.69, 9.17) is 5.73 Å². The largest absolute Gasteiger partial charge is 0.468 e. The molecule has 0 spiro atoms. The number of esters is 1. The normalized spacial score (nSPS) is 12.6. The highest BCUT2D eigenvalue weighted by molar-refractivity contribution is 5.85. The van der Waals surface area contributed by atoms with Gasteiger partial charge in [-0.05, 0) is 17.7 Å². The van der Waals surface area contributed by atoms with Crippen molar-refractivity contribution in [2.45, 2.75) is 12.2 Å². The van der Waals surface area contributed by atoms with Crippen molar-refractivity contribution in [3.05, 3.63) is 35.1 Å². The van der Waals surface area contributed by atoms with E-state index in [1.165, 1.54) is 0 Å². The monoisotopic (exact) mass is 287 g/mol. The maximum absolute atomic E-state index is 13.1. The molecule has 8 heteroatoms. The zero-order valence-corrected chi connectivity index (χ0v) is 9.94. The van der Waals surface area contributed by atoms with Crippen LogP contribution >= 0.6 is 12.4 Å². The lowest BCUT2D eigenvalue weighted by molar-refractivity contribution is -0.142. The Morgan fingerprint density at radius 1 is 1.39 bits per heavy atom. The van der Waals surface area contributed by atoms with Gasteiger partial charge in [0.2, 0.25) is 0 Å². The van der Waals surface area contributed by atoms with Crippen LogP contribution < -0.4 is 5.73 Å². The summed E-state index contributed by atoms with van der Waals surface area (Å²) in [7, 11) is 1.07. The Kier molecular flexibility index (Phi) is 5.56. The van der Waals surface area contributed by atoms with Gasteiger partial charge in [-0.25, -0.2) is 4.39 Å². The first-order chi connectivity index (χ1) is 7.77. The molecule has 3 nitrogen and oxygen atoms in total. The summed E-state index contributed by atoms with van der Waals surface area (Å²) in [6.45, 7) is 0. The molecule has 0 aliphatic heterocycles. The first kappa shape index (κ1) is 16.7. The number of halogens is 5. The van der Waals surface area contributed by atoms with Crippen molar-refractivity contribution < 1.29 is 27.1 Å². The summed E-state index contributed by atoms with van der Waals surface area (Å²) in [5, 5.41) is 0. The predicted octanol–water partition coefficient (Wildman–Crippen LogP) is 2.44. The van der Waals surface area contributed by atoms with E-state index < -0.39 is 29.6 Å². The molecule has 1 aromatic rings.